The van der Waals surface area contributed by atoms with E-state index in [0.717, 1.165) is 18.4 Å². The number of fused-ring (bicyclic) bond motifs is 1. The van der Waals surface area contributed by atoms with Crippen molar-refractivity contribution in [2.24, 2.45) is 0 Å². The lowest BCUT2D eigenvalue weighted by Gasteiger charge is -2.08. The molecule has 0 aliphatic carbocycles. The van der Waals surface area contributed by atoms with Crippen molar-refractivity contribution < 1.29 is 9.21 Å². The molecule has 3 rings (SSSR count). The molecule has 7 heteroatoms. The Morgan fingerprint density at radius 3 is 3.00 bits per heavy atom. The highest BCUT2D eigenvalue weighted by atomic mass is 16.4. The Morgan fingerprint density at radius 2 is 2.17 bits per heavy atom. The summed E-state index contributed by atoms with van der Waals surface area (Å²) in [4.78, 5) is 26.9. The van der Waals surface area contributed by atoms with Crippen molar-refractivity contribution >= 4 is 22.7 Å². The van der Waals surface area contributed by atoms with Gasteiger partial charge < -0.3 is 19.6 Å². The average Bonchev–Trinajstić information content (AvgIpc) is 3.05. The summed E-state index contributed by atoms with van der Waals surface area (Å²) in [6.07, 6.45) is 6.16. The molecule has 2 amide bonds. The monoisotopic (exact) mass is 312 g/mol. The molecule has 0 spiro atoms. The number of nitrogens with zero attached hydrogens (tertiary/aromatic N) is 2. The highest BCUT2D eigenvalue weighted by molar-refractivity contribution is 5.92. The summed E-state index contributed by atoms with van der Waals surface area (Å²) in [5.41, 5.74) is 0.732. The minimum absolute atomic E-state index is 0.271. The normalized spacial score (nSPS) is 10.6. The fraction of sp³-hybridized carbons (Fsp3) is 0.188. The second-order valence-electron chi connectivity index (χ2n) is 5.04. The Balaban J connectivity index is 1.51. The van der Waals surface area contributed by atoms with Gasteiger partial charge in [-0.2, -0.15) is 0 Å². The van der Waals surface area contributed by atoms with Crippen molar-refractivity contribution in [3.05, 3.63) is 59.5 Å². The second-order valence-corrected chi connectivity index (χ2v) is 5.04. The molecule has 0 bridgehead atoms. The van der Waals surface area contributed by atoms with Gasteiger partial charge >= 0.3 is 11.7 Å². The maximum absolute atomic E-state index is 11.8. The fourth-order valence-electron chi connectivity index (χ4n) is 2.21. The van der Waals surface area contributed by atoms with E-state index in [9.17, 15) is 9.59 Å². The highest BCUT2D eigenvalue weighted by Gasteiger charge is 2.03. The minimum Gasteiger partial charge on any atom is -0.423 e. The van der Waals surface area contributed by atoms with E-state index >= 15 is 0 Å². The van der Waals surface area contributed by atoms with Crippen LogP contribution in [-0.4, -0.2) is 22.1 Å². The summed E-state index contributed by atoms with van der Waals surface area (Å²) in [7, 11) is 0. The van der Waals surface area contributed by atoms with Gasteiger partial charge in [0.1, 0.15) is 5.58 Å². The Labute approximate surface area is 131 Å². The van der Waals surface area contributed by atoms with E-state index in [4.69, 9.17) is 4.42 Å². The van der Waals surface area contributed by atoms with Crippen LogP contribution in [0.3, 0.4) is 0 Å². The molecule has 23 heavy (non-hydrogen) atoms. The second kappa shape index (κ2) is 6.78. The first-order chi connectivity index (χ1) is 11.2. The summed E-state index contributed by atoms with van der Waals surface area (Å²) >= 11 is 0. The van der Waals surface area contributed by atoms with Gasteiger partial charge in [-0.25, -0.2) is 14.6 Å². The van der Waals surface area contributed by atoms with Gasteiger partial charge in [0.05, 0.1) is 6.33 Å². The predicted octanol–water partition coefficient (Wildman–Crippen LogP) is 2.20. The molecular weight excluding hydrogens is 296 g/mol. The van der Waals surface area contributed by atoms with Crippen LogP contribution in [0.25, 0.3) is 11.0 Å². The molecule has 3 aromatic rings. The number of imidazole rings is 1. The molecule has 118 valence electrons. The van der Waals surface area contributed by atoms with Crippen LogP contribution in [0.1, 0.15) is 6.42 Å². The molecule has 2 heterocycles. The smallest absolute Gasteiger partial charge is 0.336 e. The zero-order valence-electron chi connectivity index (χ0n) is 12.4. The van der Waals surface area contributed by atoms with E-state index in [2.05, 4.69) is 15.6 Å². The highest BCUT2D eigenvalue weighted by Crippen LogP contribution is 2.17. The molecule has 0 fully saturated rings. The maximum atomic E-state index is 11.8. The molecule has 0 saturated heterocycles. The van der Waals surface area contributed by atoms with E-state index in [1.54, 1.807) is 36.8 Å². The minimum atomic E-state index is -0.395. The number of carbonyl (C=O) groups excluding carboxylic acids is 1. The van der Waals surface area contributed by atoms with Crippen molar-refractivity contribution in [2.75, 3.05) is 11.9 Å². The van der Waals surface area contributed by atoms with Crippen molar-refractivity contribution in [3.8, 4) is 0 Å². The summed E-state index contributed by atoms with van der Waals surface area (Å²) in [5, 5.41) is 6.30. The van der Waals surface area contributed by atoms with Gasteiger partial charge in [-0.3, -0.25) is 0 Å². The molecule has 1 aromatic carbocycles. The van der Waals surface area contributed by atoms with Gasteiger partial charge in [-0.1, -0.05) is 0 Å². The Bertz CT molecular complexity index is 855. The standard InChI is InChI=1S/C16H16N4O3/c21-15-5-2-12-10-13(3-4-14(12)23-15)19-16(22)18-6-1-8-20-9-7-17-11-20/h2-5,7,9-11H,1,6,8H2,(H2,18,19,22). The molecular formula is C16H16N4O3. The van der Waals surface area contributed by atoms with E-state index in [1.807, 2.05) is 10.8 Å². The number of nitrogens with one attached hydrogen (secondary N) is 2. The third-order valence-electron chi connectivity index (χ3n) is 3.32. The SMILES string of the molecule is O=C(NCCCn1ccnc1)Nc1ccc2oc(=O)ccc2c1. The number of anilines is 1. The first-order valence-corrected chi connectivity index (χ1v) is 7.25. The lowest BCUT2D eigenvalue weighted by Crippen LogP contribution is -2.30. The van der Waals surface area contributed by atoms with Gasteiger partial charge in [0, 0.05) is 42.6 Å². The molecule has 2 aromatic heterocycles. The lowest BCUT2D eigenvalue weighted by molar-refractivity contribution is 0.252. The molecule has 0 saturated carbocycles. The van der Waals surface area contributed by atoms with Gasteiger partial charge in [0.2, 0.25) is 0 Å². The van der Waals surface area contributed by atoms with Gasteiger partial charge in [0.15, 0.2) is 0 Å². The van der Waals surface area contributed by atoms with Gasteiger partial charge in [-0.15, -0.1) is 0 Å². The zero-order chi connectivity index (χ0) is 16.1. The first kappa shape index (κ1) is 14.8. The van der Waals surface area contributed by atoms with Crippen LogP contribution < -0.4 is 16.3 Å². The number of rotatable bonds is 5. The number of amides is 2. The Kier molecular flexibility index (Phi) is 4.37. The summed E-state index contributed by atoms with van der Waals surface area (Å²) in [5.74, 6) is 0. The third kappa shape index (κ3) is 3.97. The van der Waals surface area contributed by atoms with Crippen LogP contribution in [0.2, 0.25) is 0 Å². The number of aromatic nitrogens is 2. The Morgan fingerprint density at radius 1 is 1.26 bits per heavy atom. The van der Waals surface area contributed by atoms with E-state index < -0.39 is 5.63 Å². The molecule has 0 unspecified atom stereocenters. The van der Waals surface area contributed by atoms with Crippen molar-refractivity contribution in [2.45, 2.75) is 13.0 Å². The van der Waals surface area contributed by atoms with Crippen LogP contribution in [-0.2, 0) is 6.54 Å². The zero-order valence-corrected chi connectivity index (χ0v) is 12.4. The topological polar surface area (TPSA) is 89.2 Å². The number of hydrogen-bond donors (Lipinski definition) is 2. The quantitative estimate of drug-likeness (QED) is 0.558. The van der Waals surface area contributed by atoms with Crippen LogP contribution in [0.15, 0.2) is 58.3 Å². The Hall–Kier alpha value is -3.09. The summed E-state index contributed by atoms with van der Waals surface area (Å²) in [6.45, 7) is 1.36. The average molecular weight is 312 g/mol. The van der Waals surface area contributed by atoms with E-state index in [1.165, 1.54) is 6.07 Å². The van der Waals surface area contributed by atoms with Gasteiger partial charge in [-0.05, 0) is 30.7 Å². The van der Waals surface area contributed by atoms with Crippen molar-refractivity contribution in [3.63, 3.8) is 0 Å². The largest absolute Gasteiger partial charge is 0.423 e. The number of aryl methyl sites for hydroxylation is 1. The van der Waals surface area contributed by atoms with Gasteiger partial charge in [0.25, 0.3) is 0 Å². The first-order valence-electron chi connectivity index (χ1n) is 7.25. The maximum Gasteiger partial charge on any atom is 0.336 e. The number of carbonyl (C=O) groups is 1. The molecule has 0 aliphatic rings. The van der Waals surface area contributed by atoms with Crippen LogP contribution in [0.4, 0.5) is 10.5 Å². The van der Waals surface area contributed by atoms with Crippen molar-refractivity contribution in [1.82, 2.24) is 14.9 Å². The van der Waals surface area contributed by atoms with Crippen LogP contribution in [0, 0.1) is 0 Å². The van der Waals surface area contributed by atoms with Crippen LogP contribution in [0.5, 0.6) is 0 Å². The number of benzene rings is 1. The molecule has 0 atom stereocenters. The van der Waals surface area contributed by atoms with Crippen LogP contribution >= 0.6 is 0 Å². The number of urea groups is 1. The summed E-state index contributed by atoms with van der Waals surface area (Å²) < 4.78 is 7.00. The molecule has 0 radical (unpaired) electrons. The molecule has 0 aliphatic heterocycles. The molecule has 7 nitrogen and oxygen atoms in total. The lowest BCUT2D eigenvalue weighted by atomic mass is 10.2. The van der Waals surface area contributed by atoms with E-state index in [-0.39, 0.29) is 6.03 Å². The number of hydrogen-bond acceptors (Lipinski definition) is 4. The fourth-order valence-corrected chi connectivity index (χ4v) is 2.21. The predicted molar refractivity (Wildman–Crippen MR) is 86.3 cm³/mol. The van der Waals surface area contributed by atoms with Crippen molar-refractivity contribution in [1.29, 1.82) is 0 Å². The third-order valence-corrected chi connectivity index (χ3v) is 3.32. The van der Waals surface area contributed by atoms with E-state index in [0.29, 0.717) is 17.8 Å². The molecule has 2 N–H and O–H groups in total. The summed E-state index contributed by atoms with van der Waals surface area (Å²) in [6, 6.07) is 7.84.